The van der Waals surface area contributed by atoms with E-state index in [0.29, 0.717) is 12.1 Å². The Bertz CT molecular complexity index is 485. The van der Waals surface area contributed by atoms with E-state index in [1.54, 1.807) is 12.3 Å². The van der Waals surface area contributed by atoms with E-state index in [9.17, 15) is 15.1 Å². The van der Waals surface area contributed by atoms with Gasteiger partial charge >= 0.3 is 0 Å². The van der Waals surface area contributed by atoms with Crippen molar-refractivity contribution < 1.29 is 14.6 Å². The number of carbonyl (C=O) groups excluding carboxylic acids is 1. The Morgan fingerprint density at radius 1 is 1.56 bits per heavy atom. The molecule has 1 unspecified atom stereocenters. The highest BCUT2D eigenvalue weighted by atomic mass is 16.5. The van der Waals surface area contributed by atoms with Gasteiger partial charge in [0.1, 0.15) is 0 Å². The fourth-order valence-electron chi connectivity index (χ4n) is 2.29. The molecule has 0 saturated heterocycles. The Kier molecular flexibility index (Phi) is 3.62. The topological polar surface area (TPSA) is 75.4 Å². The summed E-state index contributed by atoms with van der Waals surface area (Å²) in [7, 11) is 0. The minimum Gasteiger partial charge on any atom is -0.618 e. The standard InChI is InChI=1S/C13H16N2O3/c1-9(17)14-11(8-16)6-10-7-15(18)13-5-3-2-4-12(10)13/h2-5,7,10-11,16H,6,8H2,1H3,(H,14,17)/t10?,11-/m1/s1. The predicted octanol–water partition coefficient (Wildman–Crippen LogP) is 0.883. The molecule has 0 aliphatic carbocycles. The van der Waals surface area contributed by atoms with Crippen LogP contribution < -0.4 is 5.32 Å². The maximum absolute atomic E-state index is 11.7. The van der Waals surface area contributed by atoms with Gasteiger partial charge in [-0.1, -0.05) is 18.2 Å². The Hall–Kier alpha value is -1.88. The Morgan fingerprint density at radius 3 is 2.94 bits per heavy atom. The van der Waals surface area contributed by atoms with Crippen LogP contribution in [-0.4, -0.2) is 34.6 Å². The summed E-state index contributed by atoms with van der Waals surface area (Å²) in [6.45, 7) is 1.28. The highest BCUT2D eigenvalue weighted by Crippen LogP contribution is 2.33. The molecule has 0 radical (unpaired) electrons. The van der Waals surface area contributed by atoms with Crippen molar-refractivity contribution in [2.24, 2.45) is 0 Å². The Morgan fingerprint density at radius 2 is 2.28 bits per heavy atom. The largest absolute Gasteiger partial charge is 0.618 e. The van der Waals surface area contributed by atoms with Crippen LogP contribution in [0.15, 0.2) is 24.3 Å². The third-order valence-electron chi connectivity index (χ3n) is 3.06. The van der Waals surface area contributed by atoms with Crippen LogP contribution in [0.3, 0.4) is 0 Å². The maximum Gasteiger partial charge on any atom is 0.220 e. The molecule has 1 aromatic carbocycles. The van der Waals surface area contributed by atoms with E-state index in [0.717, 1.165) is 10.3 Å². The highest BCUT2D eigenvalue weighted by molar-refractivity contribution is 5.74. The average molecular weight is 248 g/mol. The van der Waals surface area contributed by atoms with E-state index in [4.69, 9.17) is 0 Å². The number of nitrogens with one attached hydrogen (secondary N) is 1. The van der Waals surface area contributed by atoms with Crippen molar-refractivity contribution in [1.29, 1.82) is 0 Å². The van der Waals surface area contributed by atoms with Gasteiger partial charge in [0.25, 0.3) is 0 Å². The molecule has 1 heterocycles. The Labute approximate surface area is 105 Å². The molecule has 0 aromatic heterocycles. The maximum atomic E-state index is 11.7. The SMILES string of the molecule is CC(=O)N[C@@H](CO)CC1C=[N+]([O-])c2ccccc21. The van der Waals surface area contributed by atoms with Gasteiger partial charge in [-0.05, 0) is 6.42 Å². The van der Waals surface area contributed by atoms with Crippen molar-refractivity contribution in [1.82, 2.24) is 5.32 Å². The molecule has 5 nitrogen and oxygen atoms in total. The number of fused-ring (bicyclic) bond motifs is 1. The molecule has 5 heteroatoms. The van der Waals surface area contributed by atoms with Crippen LogP contribution in [0.4, 0.5) is 5.69 Å². The van der Waals surface area contributed by atoms with Gasteiger partial charge < -0.3 is 15.6 Å². The monoisotopic (exact) mass is 248 g/mol. The zero-order chi connectivity index (χ0) is 13.1. The van der Waals surface area contributed by atoms with Crippen LogP contribution in [0, 0.1) is 5.21 Å². The number of hydrogen-bond acceptors (Lipinski definition) is 3. The van der Waals surface area contributed by atoms with Crippen LogP contribution in [-0.2, 0) is 4.79 Å². The fourth-order valence-corrected chi connectivity index (χ4v) is 2.29. The van der Waals surface area contributed by atoms with Crippen LogP contribution in [0.2, 0.25) is 0 Å². The molecule has 96 valence electrons. The molecule has 1 amide bonds. The zero-order valence-corrected chi connectivity index (χ0v) is 10.2. The van der Waals surface area contributed by atoms with Crippen LogP contribution in [0.25, 0.3) is 0 Å². The molecule has 0 fully saturated rings. The van der Waals surface area contributed by atoms with Gasteiger partial charge in [-0.15, -0.1) is 0 Å². The number of hydrogen-bond donors (Lipinski definition) is 2. The lowest BCUT2D eigenvalue weighted by atomic mass is 9.94. The van der Waals surface area contributed by atoms with Gasteiger partial charge in [-0.25, -0.2) is 0 Å². The van der Waals surface area contributed by atoms with Crippen molar-refractivity contribution in [3.05, 3.63) is 35.0 Å². The normalized spacial score (nSPS) is 19.0. The second-order valence-electron chi connectivity index (χ2n) is 4.46. The van der Waals surface area contributed by atoms with Gasteiger partial charge in [0.2, 0.25) is 11.6 Å². The number of amides is 1. The van der Waals surface area contributed by atoms with E-state index in [1.807, 2.05) is 18.2 Å². The molecule has 1 aliphatic heterocycles. The van der Waals surface area contributed by atoms with Gasteiger partial charge in [0.15, 0.2) is 6.21 Å². The summed E-state index contributed by atoms with van der Waals surface area (Å²) in [4.78, 5) is 11.0. The number of benzene rings is 1. The molecule has 2 rings (SSSR count). The molecule has 0 spiro atoms. The highest BCUT2D eigenvalue weighted by Gasteiger charge is 2.29. The van der Waals surface area contributed by atoms with Crippen molar-refractivity contribution in [2.75, 3.05) is 6.61 Å². The first kappa shape index (κ1) is 12.6. The minimum absolute atomic E-state index is 0.0669. The van der Waals surface area contributed by atoms with E-state index in [1.165, 1.54) is 6.92 Å². The first-order valence-electron chi connectivity index (χ1n) is 5.90. The van der Waals surface area contributed by atoms with Crippen LogP contribution in [0.5, 0.6) is 0 Å². The number of aliphatic hydroxyl groups is 1. The Balaban J connectivity index is 2.14. The zero-order valence-electron chi connectivity index (χ0n) is 10.2. The molecule has 1 aliphatic rings. The van der Waals surface area contributed by atoms with E-state index in [2.05, 4.69) is 5.32 Å². The summed E-state index contributed by atoms with van der Waals surface area (Å²) in [6.07, 6.45) is 2.10. The number of carbonyl (C=O) groups is 1. The fraction of sp³-hybridized carbons (Fsp3) is 0.385. The molecule has 1 aromatic rings. The van der Waals surface area contributed by atoms with Crippen molar-refractivity contribution in [2.45, 2.75) is 25.3 Å². The molecule has 2 atom stereocenters. The molecular formula is C13H16N2O3. The summed E-state index contributed by atoms with van der Waals surface area (Å²) in [6, 6.07) is 7.04. The van der Waals surface area contributed by atoms with E-state index >= 15 is 0 Å². The van der Waals surface area contributed by atoms with Crippen LogP contribution in [0.1, 0.15) is 24.8 Å². The van der Waals surface area contributed by atoms with Gasteiger partial charge in [0, 0.05) is 18.6 Å². The number of aliphatic hydroxyl groups excluding tert-OH is 1. The summed E-state index contributed by atoms with van der Waals surface area (Å²) in [5.41, 5.74) is 1.58. The molecule has 2 N–H and O–H groups in total. The lowest BCUT2D eigenvalue weighted by molar-refractivity contribution is -0.351. The third kappa shape index (κ3) is 2.51. The number of rotatable bonds is 4. The second-order valence-corrected chi connectivity index (χ2v) is 4.46. The molecule has 0 bridgehead atoms. The molecule has 0 saturated carbocycles. The summed E-state index contributed by atoms with van der Waals surface area (Å²) in [5, 5.41) is 23.6. The first-order chi connectivity index (χ1) is 8.61. The average Bonchev–Trinajstić information content (AvgIpc) is 2.66. The van der Waals surface area contributed by atoms with Crippen LogP contribution >= 0.6 is 0 Å². The minimum atomic E-state index is -0.330. The molecule has 18 heavy (non-hydrogen) atoms. The number of nitrogens with zero attached hydrogens (tertiary/aromatic N) is 1. The predicted molar refractivity (Wildman–Crippen MR) is 67.8 cm³/mol. The summed E-state index contributed by atoms with van der Waals surface area (Å²) >= 11 is 0. The van der Waals surface area contributed by atoms with Gasteiger partial charge in [-0.3, -0.25) is 4.79 Å². The smallest absolute Gasteiger partial charge is 0.220 e. The lowest BCUT2D eigenvalue weighted by Gasteiger charge is -2.16. The van der Waals surface area contributed by atoms with Crippen molar-refractivity contribution in [3.63, 3.8) is 0 Å². The van der Waals surface area contributed by atoms with E-state index < -0.39 is 0 Å². The quantitative estimate of drug-likeness (QED) is 0.613. The number of para-hydroxylation sites is 1. The summed E-state index contributed by atoms with van der Waals surface area (Å²) < 4.78 is 0.849. The van der Waals surface area contributed by atoms with Crippen molar-refractivity contribution >= 4 is 17.8 Å². The summed E-state index contributed by atoms with van der Waals surface area (Å²) in [5.74, 6) is -0.248. The van der Waals surface area contributed by atoms with Gasteiger partial charge in [-0.2, -0.15) is 4.74 Å². The molecular weight excluding hydrogens is 232 g/mol. The third-order valence-corrected chi connectivity index (χ3v) is 3.06. The lowest BCUT2D eigenvalue weighted by Crippen LogP contribution is -2.37. The van der Waals surface area contributed by atoms with Crippen molar-refractivity contribution in [3.8, 4) is 0 Å². The van der Waals surface area contributed by atoms with Gasteiger partial charge in [0.05, 0.1) is 18.6 Å². The second kappa shape index (κ2) is 5.18. The van der Waals surface area contributed by atoms with E-state index in [-0.39, 0.29) is 24.5 Å². The first-order valence-corrected chi connectivity index (χ1v) is 5.90.